The van der Waals surface area contributed by atoms with Gasteiger partial charge in [-0.05, 0) is 18.2 Å². The first kappa shape index (κ1) is 16.5. The maximum absolute atomic E-state index is 14.5. The highest BCUT2D eigenvalue weighted by Crippen LogP contribution is 2.47. The van der Waals surface area contributed by atoms with Gasteiger partial charge in [-0.1, -0.05) is 0 Å². The van der Waals surface area contributed by atoms with Gasteiger partial charge in [-0.25, -0.2) is 9.18 Å². The predicted molar refractivity (Wildman–Crippen MR) is 94.7 cm³/mol. The molecule has 3 aliphatic rings. The molecule has 1 spiro atoms. The summed E-state index contributed by atoms with van der Waals surface area (Å²) in [7, 11) is 0. The zero-order chi connectivity index (χ0) is 17.6. The number of anilines is 2. The molecule has 2 amide bonds. The molecule has 0 radical (unpaired) electrons. The Morgan fingerprint density at radius 2 is 2.20 bits per heavy atom. The Bertz CT molecular complexity index is 717. The lowest BCUT2D eigenvalue weighted by Gasteiger charge is -2.56. The number of cyclic esters (lactones) is 1. The summed E-state index contributed by atoms with van der Waals surface area (Å²) >= 11 is 1.94. The number of benzene rings is 1. The molecule has 0 aliphatic carbocycles. The van der Waals surface area contributed by atoms with Crippen LogP contribution in [-0.2, 0) is 9.53 Å². The molecule has 1 aromatic rings. The molecular weight excluding hydrogens is 345 g/mol. The van der Waals surface area contributed by atoms with E-state index in [0.29, 0.717) is 23.3 Å². The summed E-state index contributed by atoms with van der Waals surface area (Å²) in [6.45, 7) is 3.76. The van der Waals surface area contributed by atoms with Crippen LogP contribution in [-0.4, -0.2) is 55.8 Å². The number of nitrogens with one attached hydrogen (secondary N) is 1. The van der Waals surface area contributed by atoms with Gasteiger partial charge >= 0.3 is 6.09 Å². The summed E-state index contributed by atoms with van der Waals surface area (Å²) in [5.41, 5.74) is 1.46. The Hall–Kier alpha value is -1.96. The van der Waals surface area contributed by atoms with Gasteiger partial charge in [0, 0.05) is 36.9 Å². The second-order valence-corrected chi connectivity index (χ2v) is 8.02. The van der Waals surface area contributed by atoms with E-state index in [2.05, 4.69) is 10.2 Å². The highest BCUT2D eigenvalue weighted by molar-refractivity contribution is 8.00. The highest BCUT2D eigenvalue weighted by Gasteiger charge is 2.48. The van der Waals surface area contributed by atoms with Crippen LogP contribution in [0.3, 0.4) is 0 Å². The van der Waals surface area contributed by atoms with Crippen molar-refractivity contribution < 1.29 is 18.7 Å². The van der Waals surface area contributed by atoms with E-state index in [1.165, 1.54) is 29.4 Å². The minimum Gasteiger partial charge on any atom is -0.442 e. The molecule has 0 unspecified atom stereocenters. The topological polar surface area (TPSA) is 61.9 Å². The normalized spacial score (nSPS) is 23.9. The minimum absolute atomic E-state index is 0.179. The standard InChI is InChI=1S/C17H20FN3O3S/c1-11(22)19-5-13-6-21(16(23)24-13)12-2-3-15(14(18)4-12)20-7-17(8-20)9-25-10-17/h2-4,13H,5-10H2,1H3,(H,19,22)/t13-/m0/s1. The van der Waals surface area contributed by atoms with E-state index < -0.39 is 12.2 Å². The molecule has 4 rings (SSSR count). The quantitative estimate of drug-likeness (QED) is 0.882. The Morgan fingerprint density at radius 3 is 2.80 bits per heavy atom. The van der Waals surface area contributed by atoms with Crippen molar-refractivity contribution in [3.05, 3.63) is 24.0 Å². The number of hydrogen-bond donors (Lipinski definition) is 1. The maximum atomic E-state index is 14.5. The summed E-state index contributed by atoms with van der Waals surface area (Å²) in [6.07, 6.45) is -0.942. The Labute approximate surface area is 149 Å². The summed E-state index contributed by atoms with van der Waals surface area (Å²) in [5.74, 6) is 1.83. The van der Waals surface area contributed by atoms with Crippen LogP contribution in [0.2, 0.25) is 0 Å². The van der Waals surface area contributed by atoms with Gasteiger partial charge in [-0.3, -0.25) is 9.69 Å². The van der Waals surface area contributed by atoms with Crippen molar-refractivity contribution in [3.63, 3.8) is 0 Å². The van der Waals surface area contributed by atoms with Gasteiger partial charge in [-0.15, -0.1) is 0 Å². The molecule has 3 aliphatic heterocycles. The van der Waals surface area contributed by atoms with Crippen molar-refractivity contribution in [2.75, 3.05) is 47.5 Å². The molecule has 0 saturated carbocycles. The van der Waals surface area contributed by atoms with E-state index in [1.807, 2.05) is 11.8 Å². The number of carbonyl (C=O) groups is 2. The van der Waals surface area contributed by atoms with Gasteiger partial charge in [-0.2, -0.15) is 11.8 Å². The molecule has 3 heterocycles. The van der Waals surface area contributed by atoms with Gasteiger partial charge < -0.3 is 15.0 Å². The van der Waals surface area contributed by atoms with Crippen molar-refractivity contribution >= 4 is 35.1 Å². The van der Waals surface area contributed by atoms with Crippen molar-refractivity contribution in [3.8, 4) is 0 Å². The summed E-state index contributed by atoms with van der Waals surface area (Å²) in [5, 5.41) is 2.62. The van der Waals surface area contributed by atoms with Crippen LogP contribution in [0.25, 0.3) is 0 Å². The van der Waals surface area contributed by atoms with Gasteiger partial charge in [0.1, 0.15) is 11.9 Å². The van der Waals surface area contributed by atoms with Gasteiger partial charge in [0.2, 0.25) is 5.91 Å². The van der Waals surface area contributed by atoms with Crippen molar-refractivity contribution in [2.45, 2.75) is 13.0 Å². The molecule has 3 fully saturated rings. The number of hydrogen-bond acceptors (Lipinski definition) is 5. The van der Waals surface area contributed by atoms with Crippen molar-refractivity contribution in [1.82, 2.24) is 5.32 Å². The van der Waals surface area contributed by atoms with Gasteiger partial charge in [0.15, 0.2) is 0 Å². The van der Waals surface area contributed by atoms with Crippen LogP contribution in [0, 0.1) is 11.2 Å². The van der Waals surface area contributed by atoms with E-state index in [4.69, 9.17) is 4.74 Å². The maximum Gasteiger partial charge on any atom is 0.414 e. The summed E-state index contributed by atoms with van der Waals surface area (Å²) < 4.78 is 19.8. The Kier molecular flexibility index (Phi) is 4.02. The first-order chi connectivity index (χ1) is 12.0. The number of carbonyl (C=O) groups excluding carboxylic acids is 2. The number of thioether (sulfide) groups is 1. The van der Waals surface area contributed by atoms with E-state index in [0.717, 1.165) is 13.1 Å². The van der Waals surface area contributed by atoms with Crippen LogP contribution in [0.1, 0.15) is 6.92 Å². The van der Waals surface area contributed by atoms with Crippen LogP contribution in [0.5, 0.6) is 0 Å². The Morgan fingerprint density at radius 1 is 1.44 bits per heavy atom. The zero-order valence-corrected chi connectivity index (χ0v) is 14.8. The fraction of sp³-hybridized carbons (Fsp3) is 0.529. The van der Waals surface area contributed by atoms with E-state index in [1.54, 1.807) is 12.1 Å². The lowest BCUT2D eigenvalue weighted by atomic mass is 9.82. The average Bonchev–Trinajstić information content (AvgIpc) is 2.85. The first-order valence-corrected chi connectivity index (χ1v) is 9.46. The average molecular weight is 365 g/mol. The van der Waals surface area contributed by atoms with E-state index >= 15 is 0 Å². The van der Waals surface area contributed by atoms with Crippen LogP contribution in [0.15, 0.2) is 18.2 Å². The largest absolute Gasteiger partial charge is 0.442 e. The molecule has 1 aromatic carbocycles. The molecule has 1 atom stereocenters. The molecule has 6 nitrogen and oxygen atoms in total. The molecular formula is C17H20FN3O3S. The lowest BCUT2D eigenvalue weighted by molar-refractivity contribution is -0.119. The highest BCUT2D eigenvalue weighted by atomic mass is 32.2. The molecule has 0 bridgehead atoms. The third-order valence-electron chi connectivity index (χ3n) is 4.91. The van der Waals surface area contributed by atoms with Crippen LogP contribution < -0.4 is 15.1 Å². The monoisotopic (exact) mass is 365 g/mol. The number of rotatable bonds is 4. The molecule has 3 saturated heterocycles. The summed E-state index contributed by atoms with van der Waals surface area (Å²) in [6, 6.07) is 4.87. The lowest BCUT2D eigenvalue weighted by Crippen LogP contribution is -2.63. The Balaban J connectivity index is 1.42. The van der Waals surface area contributed by atoms with E-state index in [-0.39, 0.29) is 18.3 Å². The second-order valence-electron chi connectivity index (χ2n) is 7.04. The SMILES string of the molecule is CC(=O)NC[C@H]1CN(c2ccc(N3CC4(CSC4)C3)c(F)c2)C(=O)O1. The van der Waals surface area contributed by atoms with Crippen LogP contribution in [0.4, 0.5) is 20.6 Å². The van der Waals surface area contributed by atoms with Gasteiger partial charge in [0.25, 0.3) is 0 Å². The number of nitrogens with zero attached hydrogens (tertiary/aromatic N) is 2. The molecule has 134 valence electrons. The van der Waals surface area contributed by atoms with Crippen molar-refractivity contribution in [2.24, 2.45) is 5.41 Å². The third-order valence-corrected chi connectivity index (χ3v) is 6.54. The number of amides is 2. The molecule has 0 aromatic heterocycles. The van der Waals surface area contributed by atoms with Crippen LogP contribution >= 0.6 is 11.8 Å². The predicted octanol–water partition coefficient (Wildman–Crippen LogP) is 1.84. The van der Waals surface area contributed by atoms with Crippen molar-refractivity contribution in [1.29, 1.82) is 0 Å². The number of ether oxygens (including phenoxy) is 1. The second kappa shape index (κ2) is 6.09. The fourth-order valence-electron chi connectivity index (χ4n) is 3.52. The third kappa shape index (κ3) is 3.03. The molecule has 1 N–H and O–H groups in total. The number of halogens is 1. The fourth-order valence-corrected chi connectivity index (χ4v) is 4.67. The molecule has 25 heavy (non-hydrogen) atoms. The first-order valence-electron chi connectivity index (χ1n) is 8.31. The minimum atomic E-state index is -0.517. The molecule has 8 heteroatoms. The zero-order valence-electron chi connectivity index (χ0n) is 14.0. The van der Waals surface area contributed by atoms with Gasteiger partial charge in [0.05, 0.1) is 24.5 Å². The van der Waals surface area contributed by atoms with E-state index in [9.17, 15) is 14.0 Å². The smallest absolute Gasteiger partial charge is 0.414 e. The summed E-state index contributed by atoms with van der Waals surface area (Å²) in [4.78, 5) is 26.4.